The van der Waals surface area contributed by atoms with Crippen LogP contribution in [0.4, 0.5) is 0 Å². The molecular weight excluding hydrogens is 634 g/mol. The first-order valence-electron chi connectivity index (χ1n) is 21.3. The Morgan fingerprint density at radius 2 is 1.35 bits per heavy atom. The molecule has 1 amide bonds. The molecule has 0 spiro atoms. The molecule has 5 saturated carbocycles. The lowest BCUT2D eigenvalue weighted by Gasteiger charge is -2.72. The van der Waals surface area contributed by atoms with Gasteiger partial charge in [0, 0.05) is 25.3 Å². The Bertz CT molecular complexity index is 1270. The van der Waals surface area contributed by atoms with E-state index in [4.69, 9.17) is 9.47 Å². The van der Waals surface area contributed by atoms with Crippen LogP contribution in [0.2, 0.25) is 0 Å². The third-order valence-electron chi connectivity index (χ3n) is 16.8. The molecule has 0 radical (unpaired) electrons. The van der Waals surface area contributed by atoms with Gasteiger partial charge in [0.15, 0.2) is 0 Å². The number of ether oxygens (including phenoxy) is 2. The zero-order chi connectivity index (χ0) is 37.2. The zero-order valence-corrected chi connectivity index (χ0v) is 34.1. The summed E-state index contributed by atoms with van der Waals surface area (Å²) in [6.07, 6.45) is 22.3. The van der Waals surface area contributed by atoms with E-state index in [9.17, 15) is 14.4 Å². The molecule has 0 aliphatic heterocycles. The maximum absolute atomic E-state index is 14.4. The molecule has 0 aromatic carbocycles. The number of carbonyl (C=O) groups is 3. The first-order chi connectivity index (χ1) is 24.1. The Hall–Kier alpha value is -1.85. The average molecular weight is 710 g/mol. The van der Waals surface area contributed by atoms with Crippen molar-refractivity contribution in [3.05, 3.63) is 12.2 Å². The summed E-state index contributed by atoms with van der Waals surface area (Å²) in [6, 6.07) is 0. The van der Waals surface area contributed by atoms with Gasteiger partial charge in [0.1, 0.15) is 6.10 Å². The van der Waals surface area contributed by atoms with Crippen LogP contribution in [0.15, 0.2) is 12.2 Å². The van der Waals surface area contributed by atoms with Crippen LogP contribution < -0.4 is 5.32 Å². The molecule has 1 N–H and O–H groups in total. The molecule has 290 valence electrons. The van der Waals surface area contributed by atoms with Gasteiger partial charge in [-0.05, 0) is 130 Å². The van der Waals surface area contributed by atoms with Crippen molar-refractivity contribution in [2.24, 2.45) is 56.7 Å². The van der Waals surface area contributed by atoms with Gasteiger partial charge in [0.25, 0.3) is 0 Å². The van der Waals surface area contributed by atoms with Crippen LogP contribution in [0.1, 0.15) is 177 Å². The van der Waals surface area contributed by atoms with Crippen molar-refractivity contribution in [3.8, 4) is 0 Å². The predicted octanol–water partition coefficient (Wildman–Crippen LogP) is 10.8. The van der Waals surface area contributed by atoms with Gasteiger partial charge in [-0.25, -0.2) is 0 Å². The number of hydrogen-bond donors (Lipinski definition) is 1. The van der Waals surface area contributed by atoms with Crippen LogP contribution in [-0.2, 0) is 23.9 Å². The minimum atomic E-state index is -0.254. The Morgan fingerprint density at radius 1 is 0.706 bits per heavy atom. The van der Waals surface area contributed by atoms with Gasteiger partial charge in [-0.2, -0.15) is 0 Å². The van der Waals surface area contributed by atoms with Gasteiger partial charge >= 0.3 is 11.9 Å². The van der Waals surface area contributed by atoms with Gasteiger partial charge in [0.2, 0.25) is 5.91 Å². The number of hydrogen-bond acceptors (Lipinski definition) is 5. The molecule has 0 unspecified atom stereocenters. The third kappa shape index (κ3) is 7.35. The first-order valence-corrected chi connectivity index (χ1v) is 21.3. The highest BCUT2D eigenvalue weighted by Gasteiger charge is 2.72. The fourth-order valence-electron chi connectivity index (χ4n) is 14.0. The minimum absolute atomic E-state index is 0.00863. The Labute approximate surface area is 311 Å². The lowest BCUT2D eigenvalue weighted by atomic mass is 9.32. The smallest absolute Gasteiger partial charge is 0.305 e. The van der Waals surface area contributed by atoms with E-state index in [1.807, 2.05) is 0 Å². The Balaban J connectivity index is 1.20. The number of carbonyl (C=O) groups excluding carboxylic acids is 3. The van der Waals surface area contributed by atoms with Crippen LogP contribution in [0.5, 0.6) is 0 Å². The average Bonchev–Trinajstić information content (AvgIpc) is 3.48. The molecule has 51 heavy (non-hydrogen) atoms. The zero-order valence-electron chi connectivity index (χ0n) is 34.1. The van der Waals surface area contributed by atoms with Crippen LogP contribution in [0.3, 0.4) is 0 Å². The molecule has 0 heterocycles. The van der Waals surface area contributed by atoms with Crippen LogP contribution in [-0.4, -0.2) is 37.6 Å². The van der Waals surface area contributed by atoms with Crippen molar-refractivity contribution >= 4 is 17.8 Å². The summed E-state index contributed by atoms with van der Waals surface area (Å²) in [4.78, 5) is 37.8. The van der Waals surface area contributed by atoms with Crippen molar-refractivity contribution in [1.82, 2.24) is 5.32 Å². The number of nitrogens with one attached hydrogen (secondary N) is 1. The molecule has 5 aliphatic carbocycles. The van der Waals surface area contributed by atoms with E-state index in [2.05, 4.69) is 53.4 Å². The molecule has 5 aliphatic rings. The topological polar surface area (TPSA) is 81.7 Å². The lowest BCUT2D eigenvalue weighted by molar-refractivity contribution is -0.248. The highest BCUT2D eigenvalue weighted by molar-refractivity contribution is 5.84. The maximum Gasteiger partial charge on any atom is 0.305 e. The third-order valence-corrected chi connectivity index (χ3v) is 16.8. The number of allylic oxidation sites excluding steroid dienone is 1. The van der Waals surface area contributed by atoms with E-state index in [1.165, 1.54) is 76.9 Å². The molecule has 0 saturated heterocycles. The summed E-state index contributed by atoms with van der Waals surface area (Å²) in [5.74, 6) is 2.68. The second kappa shape index (κ2) is 15.9. The van der Waals surface area contributed by atoms with Crippen molar-refractivity contribution in [3.63, 3.8) is 0 Å². The fraction of sp³-hybridized carbons (Fsp3) is 0.889. The van der Waals surface area contributed by atoms with Gasteiger partial charge in [-0.1, -0.05) is 91.7 Å². The molecule has 5 rings (SSSR count). The fourth-order valence-corrected chi connectivity index (χ4v) is 14.0. The van der Waals surface area contributed by atoms with Crippen molar-refractivity contribution in [1.29, 1.82) is 0 Å². The van der Waals surface area contributed by atoms with E-state index >= 15 is 0 Å². The lowest BCUT2D eigenvalue weighted by Crippen LogP contribution is -2.67. The van der Waals surface area contributed by atoms with Crippen molar-refractivity contribution in [2.75, 3.05) is 13.7 Å². The summed E-state index contributed by atoms with van der Waals surface area (Å²) >= 11 is 0. The van der Waals surface area contributed by atoms with E-state index in [0.717, 1.165) is 64.3 Å². The summed E-state index contributed by atoms with van der Waals surface area (Å²) in [5.41, 5.74) is 1.68. The first kappa shape index (κ1) is 40.3. The Kier molecular flexibility index (Phi) is 12.5. The van der Waals surface area contributed by atoms with E-state index in [1.54, 1.807) is 6.92 Å². The summed E-state index contributed by atoms with van der Waals surface area (Å²) in [5, 5.41) is 3.51. The SMILES string of the molecule is C=C(C)[C@@H]1CC[C@]2(C(=O)NCCCCCCCCCCCC(=O)OC)CC[C@]3(C)[C@H](CC[C@@H]4[C@@]5(C)CC[C@H](OC(C)=O)C(C)(C)[C@@H]5CC[C@]43C)[C@@H]12. The van der Waals surface area contributed by atoms with Gasteiger partial charge in [0.05, 0.1) is 12.5 Å². The normalized spacial score (nSPS) is 39.5. The van der Waals surface area contributed by atoms with Crippen molar-refractivity contribution in [2.45, 2.75) is 183 Å². The van der Waals surface area contributed by atoms with Gasteiger partial charge in [-0.3, -0.25) is 14.4 Å². The summed E-state index contributed by atoms with van der Waals surface area (Å²) in [7, 11) is 1.46. The maximum atomic E-state index is 14.4. The van der Waals surface area contributed by atoms with Crippen LogP contribution >= 0.6 is 0 Å². The van der Waals surface area contributed by atoms with E-state index in [-0.39, 0.29) is 45.1 Å². The minimum Gasteiger partial charge on any atom is -0.469 e. The van der Waals surface area contributed by atoms with E-state index < -0.39 is 0 Å². The number of rotatable bonds is 15. The largest absolute Gasteiger partial charge is 0.469 e. The number of unbranched alkanes of at least 4 members (excludes halogenated alkanes) is 8. The van der Waals surface area contributed by atoms with Gasteiger partial charge in [-0.15, -0.1) is 0 Å². The summed E-state index contributed by atoms with van der Waals surface area (Å²) < 4.78 is 10.7. The molecule has 0 aromatic rings. The highest BCUT2D eigenvalue weighted by Crippen LogP contribution is 2.77. The number of amides is 1. The molecule has 0 bridgehead atoms. The Morgan fingerprint density at radius 3 is 1.98 bits per heavy atom. The molecule has 10 atom stereocenters. The predicted molar refractivity (Wildman–Crippen MR) is 206 cm³/mol. The standard InChI is InChI=1S/C45H75NO5/c1-31(2)33-22-27-45(40(49)46-30-18-16-14-12-10-11-13-15-17-19-38(48)50-9)29-28-43(7)34(39(33)45)20-21-36-42(6)25-24-37(51-32(3)47)41(4,5)35(42)23-26-44(36,43)8/h33-37,39H,1,10-30H2,2-9H3,(H,46,49)/t33-,34+,35-,36+,37-,39+,42-,43+,44+,45-/m0/s1. The molecule has 6 nitrogen and oxygen atoms in total. The van der Waals surface area contributed by atoms with Crippen LogP contribution in [0.25, 0.3) is 0 Å². The molecular formula is C45H75NO5. The number of methoxy groups -OCH3 is 1. The van der Waals surface area contributed by atoms with E-state index in [0.29, 0.717) is 41.9 Å². The monoisotopic (exact) mass is 710 g/mol. The number of esters is 2. The number of fused-ring (bicyclic) bond motifs is 7. The molecule has 0 aromatic heterocycles. The van der Waals surface area contributed by atoms with Crippen LogP contribution in [0, 0.1) is 56.7 Å². The second-order valence-electron chi connectivity index (χ2n) is 19.6. The highest BCUT2D eigenvalue weighted by atomic mass is 16.5. The summed E-state index contributed by atoms with van der Waals surface area (Å²) in [6.45, 7) is 21.8. The molecule has 6 heteroatoms. The van der Waals surface area contributed by atoms with Gasteiger partial charge < -0.3 is 14.8 Å². The quantitative estimate of drug-likeness (QED) is 0.104. The molecule has 5 fully saturated rings. The second-order valence-corrected chi connectivity index (χ2v) is 19.6. The van der Waals surface area contributed by atoms with Crippen molar-refractivity contribution < 1.29 is 23.9 Å².